The number of hydrogen-bond acceptors (Lipinski definition) is 4. The van der Waals surface area contributed by atoms with Crippen LogP contribution >= 0.6 is 0 Å². The van der Waals surface area contributed by atoms with Crippen molar-refractivity contribution in [1.29, 1.82) is 0 Å². The van der Waals surface area contributed by atoms with Crippen molar-refractivity contribution in [2.24, 2.45) is 0 Å². The lowest BCUT2D eigenvalue weighted by atomic mass is 10.2. The van der Waals surface area contributed by atoms with Crippen LogP contribution in [0.4, 0.5) is 4.79 Å². The molecule has 0 aliphatic carbocycles. The van der Waals surface area contributed by atoms with Crippen LogP contribution in [0.25, 0.3) is 0 Å². The van der Waals surface area contributed by atoms with E-state index in [1.54, 1.807) is 6.92 Å². The van der Waals surface area contributed by atoms with Crippen molar-refractivity contribution < 1.29 is 23.1 Å². The molecule has 2 atom stereocenters. The van der Waals surface area contributed by atoms with Crippen molar-refractivity contribution in [3.8, 4) is 0 Å². The van der Waals surface area contributed by atoms with Crippen molar-refractivity contribution in [2.45, 2.75) is 25.4 Å². The lowest BCUT2D eigenvalue weighted by Gasteiger charge is -2.33. The van der Waals surface area contributed by atoms with E-state index in [0.29, 0.717) is 0 Å². The Bertz CT molecular complexity index is 473. The molecule has 1 rings (SSSR count). The molecule has 2 amide bonds. The van der Waals surface area contributed by atoms with E-state index in [2.05, 4.69) is 11.9 Å². The minimum Gasteiger partial charge on any atom is -0.480 e. The molecule has 7 nitrogen and oxygen atoms in total. The van der Waals surface area contributed by atoms with E-state index >= 15 is 0 Å². The maximum absolute atomic E-state index is 11.9. The number of aliphatic carboxylic acids is 1. The Balaban J connectivity index is 2.68. The zero-order valence-electron chi connectivity index (χ0n) is 10.7. The number of carboxylic acid groups (broad SMARTS) is 1. The van der Waals surface area contributed by atoms with E-state index in [-0.39, 0.29) is 24.5 Å². The summed E-state index contributed by atoms with van der Waals surface area (Å²) in [6.45, 7) is 5.13. The van der Waals surface area contributed by atoms with Gasteiger partial charge in [-0.2, -0.15) is 0 Å². The average molecular weight is 290 g/mol. The summed E-state index contributed by atoms with van der Waals surface area (Å²) in [5.41, 5.74) is 0. The molecular formula is C11H18N2O5S. The summed E-state index contributed by atoms with van der Waals surface area (Å²) in [4.78, 5) is 24.2. The van der Waals surface area contributed by atoms with Gasteiger partial charge in [-0.15, -0.1) is 6.58 Å². The predicted molar refractivity (Wildman–Crippen MR) is 69.6 cm³/mol. The van der Waals surface area contributed by atoms with Crippen LogP contribution in [-0.2, 0) is 14.6 Å². The minimum absolute atomic E-state index is 0.0791. The van der Waals surface area contributed by atoms with Crippen LogP contribution in [0.1, 0.15) is 13.3 Å². The Hall–Kier alpha value is -1.57. The first kappa shape index (κ1) is 15.5. The Kier molecular flexibility index (Phi) is 4.93. The lowest BCUT2D eigenvalue weighted by molar-refractivity contribution is -0.139. The second kappa shape index (κ2) is 6.05. The zero-order chi connectivity index (χ0) is 14.6. The van der Waals surface area contributed by atoms with Crippen molar-refractivity contribution >= 4 is 21.8 Å². The summed E-state index contributed by atoms with van der Waals surface area (Å²) in [7, 11) is -3.11. The largest absolute Gasteiger partial charge is 0.480 e. The summed E-state index contributed by atoms with van der Waals surface area (Å²) < 4.78 is 22.8. The van der Waals surface area contributed by atoms with Crippen LogP contribution in [0.2, 0.25) is 0 Å². The van der Waals surface area contributed by atoms with Gasteiger partial charge < -0.3 is 15.3 Å². The summed E-state index contributed by atoms with van der Waals surface area (Å²) in [5, 5.41) is 11.3. The average Bonchev–Trinajstić information content (AvgIpc) is 2.26. The lowest BCUT2D eigenvalue weighted by Crippen LogP contribution is -2.55. The van der Waals surface area contributed by atoms with Crippen LogP contribution in [0, 0.1) is 0 Å². The Labute approximate surface area is 112 Å². The number of carboxylic acids is 1. The molecule has 1 aliphatic rings. The van der Waals surface area contributed by atoms with Crippen LogP contribution in [0.3, 0.4) is 0 Å². The third-order valence-electron chi connectivity index (χ3n) is 2.93. The highest BCUT2D eigenvalue weighted by Gasteiger charge is 2.32. The quantitative estimate of drug-likeness (QED) is 0.700. The maximum Gasteiger partial charge on any atom is 0.326 e. The van der Waals surface area contributed by atoms with E-state index in [4.69, 9.17) is 5.11 Å². The SMILES string of the molecule is C=CCC(NC(=O)N1CCS(=O)(=O)CC1C)C(=O)O. The molecule has 1 fully saturated rings. The summed E-state index contributed by atoms with van der Waals surface area (Å²) >= 11 is 0. The fraction of sp³-hybridized carbons (Fsp3) is 0.636. The molecule has 1 heterocycles. The molecule has 0 aromatic rings. The highest BCUT2D eigenvalue weighted by Crippen LogP contribution is 2.12. The molecule has 0 radical (unpaired) electrons. The van der Waals surface area contributed by atoms with Gasteiger partial charge >= 0.3 is 12.0 Å². The fourth-order valence-electron chi connectivity index (χ4n) is 1.92. The number of nitrogens with zero attached hydrogens (tertiary/aromatic N) is 1. The van der Waals surface area contributed by atoms with Crippen molar-refractivity contribution in [2.75, 3.05) is 18.1 Å². The topological polar surface area (TPSA) is 104 Å². The van der Waals surface area contributed by atoms with Gasteiger partial charge in [-0.25, -0.2) is 18.0 Å². The van der Waals surface area contributed by atoms with E-state index in [0.717, 1.165) is 0 Å². The van der Waals surface area contributed by atoms with Gasteiger partial charge in [0.2, 0.25) is 0 Å². The molecule has 0 saturated carbocycles. The monoisotopic (exact) mass is 290 g/mol. The minimum atomic E-state index is -3.11. The van der Waals surface area contributed by atoms with Gasteiger partial charge in [-0.3, -0.25) is 0 Å². The number of amides is 2. The van der Waals surface area contributed by atoms with Crippen molar-refractivity contribution in [3.63, 3.8) is 0 Å². The third-order valence-corrected chi connectivity index (χ3v) is 4.72. The number of sulfone groups is 1. The number of urea groups is 1. The third kappa shape index (κ3) is 4.23. The van der Waals surface area contributed by atoms with Crippen LogP contribution in [0.5, 0.6) is 0 Å². The number of hydrogen-bond donors (Lipinski definition) is 2. The first-order valence-electron chi connectivity index (χ1n) is 5.88. The Morgan fingerprint density at radius 2 is 2.21 bits per heavy atom. The second-order valence-corrected chi connectivity index (χ2v) is 6.75. The van der Waals surface area contributed by atoms with Gasteiger partial charge in [0.15, 0.2) is 9.84 Å². The standard InChI is InChI=1S/C11H18N2O5S/c1-3-4-9(10(14)15)12-11(16)13-5-6-19(17,18)7-8(13)2/h3,8-9H,1,4-7H2,2H3,(H,12,16)(H,14,15). The molecule has 19 heavy (non-hydrogen) atoms. The first-order valence-corrected chi connectivity index (χ1v) is 7.70. The molecule has 1 aliphatic heterocycles. The van der Waals surface area contributed by atoms with E-state index in [1.165, 1.54) is 11.0 Å². The van der Waals surface area contributed by atoms with Gasteiger partial charge in [0.25, 0.3) is 0 Å². The van der Waals surface area contributed by atoms with Crippen molar-refractivity contribution in [1.82, 2.24) is 10.2 Å². The van der Waals surface area contributed by atoms with Crippen LogP contribution in [0.15, 0.2) is 12.7 Å². The molecule has 2 unspecified atom stereocenters. The molecular weight excluding hydrogens is 272 g/mol. The van der Waals surface area contributed by atoms with E-state index in [9.17, 15) is 18.0 Å². The Morgan fingerprint density at radius 3 is 2.68 bits per heavy atom. The normalized spacial score (nSPS) is 23.4. The van der Waals surface area contributed by atoms with Gasteiger partial charge in [0, 0.05) is 12.6 Å². The van der Waals surface area contributed by atoms with E-state index in [1.807, 2.05) is 0 Å². The highest BCUT2D eigenvalue weighted by molar-refractivity contribution is 7.91. The molecule has 0 spiro atoms. The van der Waals surface area contributed by atoms with Crippen molar-refractivity contribution in [3.05, 3.63) is 12.7 Å². The summed E-state index contributed by atoms with van der Waals surface area (Å²) in [5.74, 6) is -1.34. The van der Waals surface area contributed by atoms with Crippen LogP contribution < -0.4 is 5.32 Å². The Morgan fingerprint density at radius 1 is 1.58 bits per heavy atom. The van der Waals surface area contributed by atoms with Gasteiger partial charge in [0.1, 0.15) is 6.04 Å². The molecule has 0 aromatic heterocycles. The number of carbonyl (C=O) groups excluding carboxylic acids is 1. The number of nitrogens with one attached hydrogen (secondary N) is 1. The summed E-state index contributed by atoms with van der Waals surface area (Å²) in [6.07, 6.45) is 1.52. The molecule has 0 bridgehead atoms. The van der Waals surface area contributed by atoms with Crippen LogP contribution in [-0.4, -0.2) is 60.6 Å². The second-order valence-electron chi connectivity index (χ2n) is 4.52. The maximum atomic E-state index is 11.9. The predicted octanol–water partition coefficient (Wildman–Crippen LogP) is -0.156. The number of rotatable bonds is 4. The highest BCUT2D eigenvalue weighted by atomic mass is 32.2. The molecule has 8 heteroatoms. The molecule has 0 aromatic carbocycles. The fourth-order valence-corrected chi connectivity index (χ4v) is 3.48. The van der Waals surface area contributed by atoms with E-state index < -0.39 is 33.9 Å². The van der Waals surface area contributed by atoms with Gasteiger partial charge in [0.05, 0.1) is 11.5 Å². The molecule has 2 N–H and O–H groups in total. The van der Waals surface area contributed by atoms with Gasteiger partial charge in [-0.1, -0.05) is 6.08 Å². The number of carbonyl (C=O) groups is 2. The summed E-state index contributed by atoms with van der Waals surface area (Å²) in [6, 6.07) is -2.07. The van der Waals surface area contributed by atoms with Gasteiger partial charge in [-0.05, 0) is 13.3 Å². The zero-order valence-corrected chi connectivity index (χ0v) is 11.5. The smallest absolute Gasteiger partial charge is 0.326 e. The molecule has 1 saturated heterocycles. The molecule has 108 valence electrons. The first-order chi connectivity index (χ1) is 8.76.